The highest BCUT2D eigenvalue weighted by Gasteiger charge is 2.43. The second kappa shape index (κ2) is 6.32. The zero-order chi connectivity index (χ0) is 15.5. The van der Waals surface area contributed by atoms with Gasteiger partial charge in [0.05, 0.1) is 11.0 Å². The zero-order valence-electron chi connectivity index (χ0n) is 13.0. The Morgan fingerprint density at radius 3 is 2.62 bits per heavy atom. The molecule has 120 valence electrons. The van der Waals surface area contributed by atoms with Crippen LogP contribution in [0, 0.1) is 5.41 Å². The maximum atomic E-state index is 12.3. The van der Waals surface area contributed by atoms with Crippen LogP contribution in [0.25, 0.3) is 0 Å². The number of piperidine rings is 1. The third-order valence-electron chi connectivity index (χ3n) is 4.65. The summed E-state index contributed by atoms with van der Waals surface area (Å²) in [6, 6.07) is 0. The second-order valence-electron chi connectivity index (χ2n) is 6.60. The number of likely N-dealkylation sites (tertiary alicyclic amines) is 1. The number of carboxylic acid groups (broad SMARTS) is 1. The van der Waals surface area contributed by atoms with Gasteiger partial charge in [0.25, 0.3) is 0 Å². The summed E-state index contributed by atoms with van der Waals surface area (Å²) in [5.74, 6) is -0.873. The van der Waals surface area contributed by atoms with Crippen molar-refractivity contribution >= 4 is 11.9 Å². The van der Waals surface area contributed by atoms with Gasteiger partial charge in [0.2, 0.25) is 5.91 Å². The first-order chi connectivity index (χ1) is 9.91. The lowest BCUT2D eigenvalue weighted by Gasteiger charge is -2.42. The molecule has 1 unspecified atom stereocenters. The van der Waals surface area contributed by atoms with Gasteiger partial charge in [-0.25, -0.2) is 0 Å². The van der Waals surface area contributed by atoms with Gasteiger partial charge in [-0.2, -0.15) is 0 Å². The van der Waals surface area contributed by atoms with Gasteiger partial charge in [0.15, 0.2) is 0 Å². The molecule has 2 N–H and O–H groups in total. The maximum Gasteiger partial charge on any atom is 0.311 e. The molecule has 2 aliphatic rings. The first kappa shape index (κ1) is 16.2. The molecule has 1 amide bonds. The van der Waals surface area contributed by atoms with Crippen LogP contribution in [0.3, 0.4) is 0 Å². The molecule has 0 spiro atoms. The molecule has 0 aliphatic carbocycles. The van der Waals surface area contributed by atoms with Crippen LogP contribution in [0.1, 0.15) is 39.5 Å². The number of nitrogens with one attached hydrogen (secondary N) is 1. The van der Waals surface area contributed by atoms with Crippen LogP contribution in [0.15, 0.2) is 0 Å². The summed E-state index contributed by atoms with van der Waals surface area (Å²) in [4.78, 5) is 25.6. The van der Waals surface area contributed by atoms with Crippen LogP contribution in [-0.2, 0) is 14.3 Å². The fourth-order valence-corrected chi connectivity index (χ4v) is 3.22. The molecule has 2 rings (SSSR count). The Kier molecular flexibility index (Phi) is 4.88. The lowest BCUT2D eigenvalue weighted by molar-refractivity contribution is -0.159. The minimum Gasteiger partial charge on any atom is -0.481 e. The maximum absolute atomic E-state index is 12.3. The van der Waals surface area contributed by atoms with Crippen molar-refractivity contribution < 1.29 is 19.4 Å². The molecule has 2 aliphatic heterocycles. The summed E-state index contributed by atoms with van der Waals surface area (Å²) in [6.07, 6.45) is 2.84. The summed E-state index contributed by atoms with van der Waals surface area (Å²) in [5.41, 5.74) is -1.02. The van der Waals surface area contributed by atoms with Crippen molar-refractivity contribution in [2.24, 2.45) is 5.41 Å². The number of nitrogens with zero attached hydrogens (tertiary/aromatic N) is 1. The normalized spacial score (nSPS) is 28.0. The van der Waals surface area contributed by atoms with Gasteiger partial charge in [-0.05, 0) is 26.2 Å². The number of carboxylic acids is 1. The van der Waals surface area contributed by atoms with Gasteiger partial charge in [0, 0.05) is 26.2 Å². The lowest BCUT2D eigenvalue weighted by atomic mass is 9.76. The van der Waals surface area contributed by atoms with E-state index in [9.17, 15) is 14.7 Å². The van der Waals surface area contributed by atoms with E-state index < -0.39 is 11.4 Å². The molecule has 0 aromatic carbocycles. The minimum atomic E-state index is -0.780. The molecular formula is C15H26N2O4. The van der Waals surface area contributed by atoms with E-state index in [2.05, 4.69) is 5.32 Å². The molecule has 1 atom stereocenters. The van der Waals surface area contributed by atoms with E-state index in [1.165, 1.54) is 0 Å². The van der Waals surface area contributed by atoms with Crippen molar-refractivity contribution in [3.05, 3.63) is 0 Å². The monoisotopic (exact) mass is 298 g/mol. The van der Waals surface area contributed by atoms with E-state index in [1.54, 1.807) is 4.90 Å². The minimum absolute atomic E-state index is 0.0417. The number of hydrogen-bond acceptors (Lipinski definition) is 4. The highest BCUT2D eigenvalue weighted by molar-refractivity contribution is 5.80. The third kappa shape index (κ3) is 3.55. The van der Waals surface area contributed by atoms with Gasteiger partial charge in [-0.15, -0.1) is 0 Å². The molecule has 6 heteroatoms. The Bertz CT molecular complexity index is 404. The molecule has 21 heavy (non-hydrogen) atoms. The SMILES string of the molecule is CCCC1(C(=O)O)CCCN(C(=O)COC2(C)CNC2)C1. The van der Waals surface area contributed by atoms with Crippen LogP contribution in [0.4, 0.5) is 0 Å². The van der Waals surface area contributed by atoms with E-state index in [4.69, 9.17) is 4.74 Å². The van der Waals surface area contributed by atoms with Crippen molar-refractivity contribution in [1.29, 1.82) is 0 Å². The highest BCUT2D eigenvalue weighted by Crippen LogP contribution is 2.35. The third-order valence-corrected chi connectivity index (χ3v) is 4.65. The Labute approximate surface area is 125 Å². The highest BCUT2D eigenvalue weighted by atomic mass is 16.5. The molecule has 0 aromatic heterocycles. The molecule has 2 heterocycles. The van der Waals surface area contributed by atoms with Gasteiger partial charge in [-0.3, -0.25) is 9.59 Å². The Morgan fingerprint density at radius 1 is 1.38 bits per heavy atom. The Morgan fingerprint density at radius 2 is 2.10 bits per heavy atom. The number of amides is 1. The molecule has 0 saturated carbocycles. The first-order valence-electron chi connectivity index (χ1n) is 7.77. The van der Waals surface area contributed by atoms with Crippen LogP contribution in [-0.4, -0.2) is 60.3 Å². The van der Waals surface area contributed by atoms with E-state index in [1.807, 2.05) is 13.8 Å². The van der Waals surface area contributed by atoms with E-state index >= 15 is 0 Å². The second-order valence-corrected chi connectivity index (χ2v) is 6.60. The van der Waals surface area contributed by atoms with Gasteiger partial charge < -0.3 is 20.1 Å². The van der Waals surface area contributed by atoms with Crippen molar-refractivity contribution in [3.63, 3.8) is 0 Å². The zero-order valence-corrected chi connectivity index (χ0v) is 13.0. The Hall–Kier alpha value is -1.14. The smallest absolute Gasteiger partial charge is 0.311 e. The largest absolute Gasteiger partial charge is 0.481 e. The fraction of sp³-hybridized carbons (Fsp3) is 0.867. The van der Waals surface area contributed by atoms with Crippen LogP contribution in [0.2, 0.25) is 0 Å². The Balaban J connectivity index is 1.92. The lowest BCUT2D eigenvalue weighted by Crippen LogP contribution is -2.60. The molecule has 0 aromatic rings. The van der Waals surface area contributed by atoms with E-state index in [0.29, 0.717) is 25.9 Å². The molecule has 0 radical (unpaired) electrons. The van der Waals surface area contributed by atoms with E-state index in [-0.39, 0.29) is 18.1 Å². The average molecular weight is 298 g/mol. The van der Waals surface area contributed by atoms with E-state index in [0.717, 1.165) is 25.9 Å². The number of carbonyl (C=O) groups is 2. The van der Waals surface area contributed by atoms with Crippen molar-refractivity contribution in [1.82, 2.24) is 10.2 Å². The topological polar surface area (TPSA) is 78.9 Å². The summed E-state index contributed by atoms with van der Waals surface area (Å²) in [5, 5.41) is 12.7. The van der Waals surface area contributed by atoms with Crippen LogP contribution in [0.5, 0.6) is 0 Å². The number of carbonyl (C=O) groups excluding carboxylic acids is 1. The number of aliphatic carboxylic acids is 1. The van der Waals surface area contributed by atoms with Gasteiger partial charge in [0.1, 0.15) is 6.61 Å². The van der Waals surface area contributed by atoms with Gasteiger partial charge in [-0.1, -0.05) is 13.3 Å². The molecular weight excluding hydrogens is 272 g/mol. The summed E-state index contributed by atoms with van der Waals surface area (Å²) >= 11 is 0. The number of ether oxygens (including phenoxy) is 1. The fourth-order valence-electron chi connectivity index (χ4n) is 3.22. The number of rotatable bonds is 6. The molecule has 0 bridgehead atoms. The number of hydrogen-bond donors (Lipinski definition) is 2. The molecule has 2 saturated heterocycles. The quantitative estimate of drug-likeness (QED) is 0.760. The predicted octanol–water partition coefficient (Wildman–Crippen LogP) is 0.858. The van der Waals surface area contributed by atoms with Crippen molar-refractivity contribution in [2.45, 2.75) is 45.1 Å². The van der Waals surface area contributed by atoms with Crippen molar-refractivity contribution in [3.8, 4) is 0 Å². The molecule has 6 nitrogen and oxygen atoms in total. The first-order valence-corrected chi connectivity index (χ1v) is 7.77. The average Bonchev–Trinajstić information content (AvgIpc) is 2.43. The molecule has 2 fully saturated rings. The van der Waals surface area contributed by atoms with Gasteiger partial charge >= 0.3 is 5.97 Å². The van der Waals surface area contributed by atoms with Crippen molar-refractivity contribution in [2.75, 3.05) is 32.8 Å². The van der Waals surface area contributed by atoms with Crippen LogP contribution < -0.4 is 5.32 Å². The summed E-state index contributed by atoms with van der Waals surface area (Å²) < 4.78 is 5.67. The summed E-state index contributed by atoms with van der Waals surface area (Å²) in [7, 11) is 0. The standard InChI is InChI=1S/C15H26N2O4/c1-3-5-15(13(19)20)6-4-7-17(11-15)12(18)8-21-14(2)9-16-10-14/h16H,3-11H2,1-2H3,(H,19,20). The summed E-state index contributed by atoms with van der Waals surface area (Å²) in [6.45, 7) is 6.47. The van der Waals surface area contributed by atoms with Crippen LogP contribution >= 0.6 is 0 Å². The predicted molar refractivity (Wildman–Crippen MR) is 78.0 cm³/mol.